The van der Waals surface area contributed by atoms with Crippen molar-refractivity contribution >= 4 is 11.8 Å². The maximum atomic E-state index is 12.4. The molecule has 0 radical (unpaired) electrons. The van der Waals surface area contributed by atoms with Gasteiger partial charge in [0, 0.05) is 39.3 Å². The number of hydrogen-bond acceptors (Lipinski definition) is 5. The highest BCUT2D eigenvalue weighted by Crippen LogP contribution is 2.12. The van der Waals surface area contributed by atoms with E-state index < -0.39 is 0 Å². The SMILES string of the molecule is CCN(CC)C(=O)CN1CCN(C(=O)c2coc(CN)c2)CC1. The average Bonchev–Trinajstić information content (AvgIpc) is 3.05. The average molecular weight is 322 g/mol. The van der Waals surface area contributed by atoms with E-state index in [1.54, 1.807) is 11.0 Å². The molecule has 23 heavy (non-hydrogen) atoms. The van der Waals surface area contributed by atoms with Gasteiger partial charge in [0.2, 0.25) is 5.91 Å². The van der Waals surface area contributed by atoms with Crippen LogP contribution in [0.1, 0.15) is 30.0 Å². The smallest absolute Gasteiger partial charge is 0.257 e. The lowest BCUT2D eigenvalue weighted by Gasteiger charge is -2.35. The molecule has 0 aliphatic carbocycles. The summed E-state index contributed by atoms with van der Waals surface area (Å²) in [4.78, 5) is 30.2. The number of piperazine rings is 1. The van der Waals surface area contributed by atoms with Gasteiger partial charge in [-0.05, 0) is 19.9 Å². The van der Waals surface area contributed by atoms with Gasteiger partial charge in [0.1, 0.15) is 12.0 Å². The highest BCUT2D eigenvalue weighted by atomic mass is 16.3. The fraction of sp³-hybridized carbons (Fsp3) is 0.625. The van der Waals surface area contributed by atoms with Gasteiger partial charge in [-0.15, -0.1) is 0 Å². The third-order valence-electron chi connectivity index (χ3n) is 4.24. The van der Waals surface area contributed by atoms with E-state index in [1.165, 1.54) is 6.26 Å². The maximum Gasteiger partial charge on any atom is 0.257 e. The van der Waals surface area contributed by atoms with Crippen LogP contribution in [-0.2, 0) is 11.3 Å². The van der Waals surface area contributed by atoms with Crippen LogP contribution in [-0.4, -0.2) is 72.3 Å². The third kappa shape index (κ3) is 4.33. The Hall–Kier alpha value is -1.86. The van der Waals surface area contributed by atoms with Crippen LogP contribution in [0.5, 0.6) is 0 Å². The molecule has 2 rings (SSSR count). The molecule has 1 saturated heterocycles. The summed E-state index contributed by atoms with van der Waals surface area (Å²) >= 11 is 0. The minimum atomic E-state index is -0.0387. The van der Waals surface area contributed by atoms with Gasteiger partial charge in [0.15, 0.2) is 0 Å². The van der Waals surface area contributed by atoms with E-state index in [4.69, 9.17) is 10.2 Å². The van der Waals surface area contributed by atoms with E-state index in [9.17, 15) is 9.59 Å². The second kappa shape index (κ2) is 8.12. The number of amides is 2. The first-order valence-corrected chi connectivity index (χ1v) is 8.15. The fourth-order valence-corrected chi connectivity index (χ4v) is 2.76. The molecule has 2 N–H and O–H groups in total. The van der Waals surface area contributed by atoms with Crippen LogP contribution in [0.25, 0.3) is 0 Å². The predicted molar refractivity (Wildman–Crippen MR) is 86.9 cm³/mol. The topological polar surface area (TPSA) is 83.0 Å². The monoisotopic (exact) mass is 322 g/mol. The number of rotatable bonds is 6. The van der Waals surface area contributed by atoms with Crippen molar-refractivity contribution in [3.05, 3.63) is 23.7 Å². The molecule has 1 aliphatic rings. The number of nitrogens with two attached hydrogens (primary N) is 1. The number of likely N-dealkylation sites (N-methyl/N-ethyl adjacent to an activating group) is 1. The lowest BCUT2D eigenvalue weighted by Crippen LogP contribution is -2.51. The number of hydrogen-bond donors (Lipinski definition) is 1. The van der Waals surface area contributed by atoms with Crippen molar-refractivity contribution < 1.29 is 14.0 Å². The zero-order chi connectivity index (χ0) is 16.8. The Labute approximate surface area is 137 Å². The zero-order valence-electron chi connectivity index (χ0n) is 14.0. The van der Waals surface area contributed by atoms with Crippen LogP contribution in [0.3, 0.4) is 0 Å². The third-order valence-corrected chi connectivity index (χ3v) is 4.24. The molecule has 7 nitrogen and oxygen atoms in total. The second-order valence-corrected chi connectivity index (χ2v) is 5.64. The van der Waals surface area contributed by atoms with E-state index >= 15 is 0 Å². The molecule has 2 amide bonds. The van der Waals surface area contributed by atoms with Gasteiger partial charge < -0.3 is 20.0 Å². The maximum absolute atomic E-state index is 12.4. The quantitative estimate of drug-likeness (QED) is 0.818. The molecule has 1 aliphatic heterocycles. The summed E-state index contributed by atoms with van der Waals surface area (Å²) in [6.45, 7) is 8.80. The van der Waals surface area contributed by atoms with Crippen molar-refractivity contribution in [2.24, 2.45) is 5.73 Å². The Morgan fingerprint density at radius 1 is 1.22 bits per heavy atom. The van der Waals surface area contributed by atoms with Gasteiger partial charge in [0.25, 0.3) is 5.91 Å². The van der Waals surface area contributed by atoms with E-state index in [-0.39, 0.29) is 18.4 Å². The van der Waals surface area contributed by atoms with E-state index in [1.807, 2.05) is 18.7 Å². The number of nitrogens with zero attached hydrogens (tertiary/aromatic N) is 3. The lowest BCUT2D eigenvalue weighted by molar-refractivity contribution is -0.132. The number of carbonyl (C=O) groups excluding carboxylic acids is 2. The summed E-state index contributed by atoms with van der Waals surface area (Å²) < 4.78 is 5.22. The fourth-order valence-electron chi connectivity index (χ4n) is 2.76. The summed E-state index contributed by atoms with van der Waals surface area (Å²) in [6, 6.07) is 1.69. The van der Waals surface area contributed by atoms with Gasteiger partial charge in [-0.2, -0.15) is 0 Å². The highest BCUT2D eigenvalue weighted by Gasteiger charge is 2.25. The number of furan rings is 1. The van der Waals surface area contributed by atoms with E-state index in [2.05, 4.69) is 4.90 Å². The summed E-state index contributed by atoms with van der Waals surface area (Å²) in [6.07, 6.45) is 1.46. The summed E-state index contributed by atoms with van der Waals surface area (Å²) in [5.74, 6) is 0.720. The summed E-state index contributed by atoms with van der Waals surface area (Å²) in [5, 5.41) is 0. The molecular formula is C16H26N4O3. The molecule has 0 atom stereocenters. The largest absolute Gasteiger partial charge is 0.467 e. The van der Waals surface area contributed by atoms with Crippen molar-refractivity contribution in [1.82, 2.24) is 14.7 Å². The first-order valence-electron chi connectivity index (χ1n) is 8.15. The van der Waals surface area contributed by atoms with Gasteiger partial charge in [0.05, 0.1) is 18.7 Å². The first kappa shape index (κ1) is 17.5. The molecule has 0 saturated carbocycles. The van der Waals surface area contributed by atoms with Gasteiger partial charge >= 0.3 is 0 Å². The molecule has 1 fully saturated rings. The van der Waals surface area contributed by atoms with Gasteiger partial charge in [-0.3, -0.25) is 14.5 Å². The molecule has 128 valence electrons. The Morgan fingerprint density at radius 2 is 1.87 bits per heavy atom. The molecule has 1 aromatic heterocycles. The molecule has 0 unspecified atom stereocenters. The Balaban J connectivity index is 1.83. The van der Waals surface area contributed by atoms with Gasteiger partial charge in [-0.1, -0.05) is 0 Å². The molecule has 0 bridgehead atoms. The van der Waals surface area contributed by atoms with Crippen LogP contribution < -0.4 is 5.73 Å². The van der Waals surface area contributed by atoms with Crippen LogP contribution in [0.15, 0.2) is 16.7 Å². The van der Waals surface area contributed by atoms with Crippen LogP contribution in [0.4, 0.5) is 0 Å². The normalized spacial score (nSPS) is 15.7. The lowest BCUT2D eigenvalue weighted by atomic mass is 10.2. The van der Waals surface area contributed by atoms with Crippen molar-refractivity contribution in [3.63, 3.8) is 0 Å². The molecule has 0 spiro atoms. The highest BCUT2D eigenvalue weighted by molar-refractivity contribution is 5.94. The summed E-state index contributed by atoms with van der Waals surface area (Å²) in [7, 11) is 0. The molecule has 2 heterocycles. The Morgan fingerprint density at radius 3 is 2.39 bits per heavy atom. The van der Waals surface area contributed by atoms with E-state index in [0.29, 0.717) is 44.0 Å². The van der Waals surface area contributed by atoms with E-state index in [0.717, 1.165) is 13.1 Å². The zero-order valence-corrected chi connectivity index (χ0v) is 14.0. The van der Waals surface area contributed by atoms with Crippen molar-refractivity contribution in [2.75, 3.05) is 45.8 Å². The predicted octanol–water partition coefficient (Wildman–Crippen LogP) is 0.365. The van der Waals surface area contributed by atoms with Gasteiger partial charge in [-0.25, -0.2) is 0 Å². The summed E-state index contributed by atoms with van der Waals surface area (Å²) in [5.41, 5.74) is 6.03. The Bertz CT molecular complexity index is 531. The molecule has 7 heteroatoms. The second-order valence-electron chi connectivity index (χ2n) is 5.64. The van der Waals surface area contributed by atoms with Crippen molar-refractivity contribution in [3.8, 4) is 0 Å². The molecular weight excluding hydrogens is 296 g/mol. The molecule has 1 aromatic rings. The Kier molecular flexibility index (Phi) is 6.18. The first-order chi connectivity index (χ1) is 11.1. The minimum absolute atomic E-state index is 0.0387. The number of carbonyl (C=O) groups is 2. The minimum Gasteiger partial charge on any atom is -0.467 e. The molecule has 0 aromatic carbocycles. The van der Waals surface area contributed by atoms with Crippen molar-refractivity contribution in [1.29, 1.82) is 0 Å². The van der Waals surface area contributed by atoms with Crippen LogP contribution in [0, 0.1) is 0 Å². The van der Waals surface area contributed by atoms with Crippen LogP contribution >= 0.6 is 0 Å². The van der Waals surface area contributed by atoms with Crippen molar-refractivity contribution in [2.45, 2.75) is 20.4 Å². The standard InChI is InChI=1S/C16H26N4O3/c1-3-19(4-2)15(21)11-18-5-7-20(8-6-18)16(22)13-9-14(10-17)23-12-13/h9,12H,3-8,10-11,17H2,1-2H3. The van der Waals surface area contributed by atoms with Crippen LogP contribution in [0.2, 0.25) is 0 Å².